The highest BCUT2D eigenvalue weighted by Crippen LogP contribution is 2.27. The fourth-order valence-electron chi connectivity index (χ4n) is 3.07. The molecule has 1 fully saturated rings. The van der Waals surface area contributed by atoms with E-state index in [0.717, 1.165) is 17.0 Å². The van der Waals surface area contributed by atoms with Gasteiger partial charge >= 0.3 is 12.1 Å². The van der Waals surface area contributed by atoms with E-state index in [1.807, 2.05) is 6.08 Å². The van der Waals surface area contributed by atoms with Crippen LogP contribution in [0.25, 0.3) is 5.70 Å². The number of aromatic nitrogens is 3. The first-order chi connectivity index (χ1) is 14.4. The number of anilines is 2. The second-order valence-corrected chi connectivity index (χ2v) is 7.39. The smallest absolute Gasteiger partial charge is 0.410 e. The van der Waals surface area contributed by atoms with Crippen molar-refractivity contribution < 1.29 is 24.3 Å². The number of urea groups is 1. The van der Waals surface area contributed by atoms with E-state index < -0.39 is 12.0 Å². The quantitative estimate of drug-likeness (QED) is 0.567. The number of nitrogens with zero attached hydrogens (tertiary/aromatic N) is 5. The minimum absolute atomic E-state index is 0.1000. The monoisotopic (exact) mass is 431 g/mol. The lowest BCUT2D eigenvalue weighted by atomic mass is 10.2. The van der Waals surface area contributed by atoms with Gasteiger partial charge in [-0.25, -0.2) is 19.3 Å². The number of hydrogen-bond acceptors (Lipinski definition) is 7. The molecule has 0 aromatic carbocycles. The zero-order valence-electron chi connectivity index (χ0n) is 15.5. The maximum absolute atomic E-state index is 12.4. The largest absolute Gasteiger partial charge is 0.465 e. The number of hydroxylamine groups is 2. The Morgan fingerprint density at radius 2 is 2.27 bits per heavy atom. The molecule has 0 radical (unpaired) electrons. The third-order valence-corrected chi connectivity index (χ3v) is 5.22. The van der Waals surface area contributed by atoms with Gasteiger partial charge in [-0.3, -0.25) is 14.9 Å². The van der Waals surface area contributed by atoms with Crippen LogP contribution in [-0.4, -0.2) is 73.6 Å². The Labute approximate surface area is 174 Å². The lowest BCUT2D eigenvalue weighted by molar-refractivity contribution is -0.107. The predicted octanol–water partition coefficient (Wildman–Crippen LogP) is 1.76. The fourth-order valence-corrected chi connectivity index (χ4v) is 3.77. The highest BCUT2D eigenvalue weighted by molar-refractivity contribution is 7.17. The minimum atomic E-state index is -1.26. The summed E-state index contributed by atoms with van der Waals surface area (Å²) in [5, 5.41) is 19.2. The van der Waals surface area contributed by atoms with Crippen LogP contribution in [0.5, 0.6) is 0 Å². The first kappa shape index (κ1) is 19.6. The van der Waals surface area contributed by atoms with Crippen molar-refractivity contribution in [1.29, 1.82) is 0 Å². The van der Waals surface area contributed by atoms with Crippen molar-refractivity contribution in [2.45, 2.75) is 6.04 Å². The number of carboxylic acid groups (broad SMARTS) is 1. The summed E-state index contributed by atoms with van der Waals surface area (Å²) in [4.78, 5) is 46.5. The van der Waals surface area contributed by atoms with Crippen molar-refractivity contribution >= 4 is 46.0 Å². The SMILES string of the molecule is C=CCON1C(=O)N2CC(n3ccc(NC(=O)c4cnc(NC(=O)O)s4)n3)=CC1C2. The summed E-state index contributed by atoms with van der Waals surface area (Å²) >= 11 is 0.908. The molecule has 1 unspecified atom stereocenters. The van der Waals surface area contributed by atoms with Crippen LogP contribution in [-0.2, 0) is 4.84 Å². The van der Waals surface area contributed by atoms with Crippen LogP contribution in [0, 0.1) is 0 Å². The standard InChI is InChI=1S/C17H17N7O5S/c1-2-5-29-24-11-6-10(8-22(9-11)17(24)28)23-4-3-13(21-23)19-14(25)12-7-18-15(30-12)20-16(26)27/h2-4,6-7,11H,1,5,8-9H2,(H,18,20)(H,26,27)(H,19,21,25). The second kappa shape index (κ2) is 7.96. The third kappa shape index (κ3) is 3.88. The Kier molecular flexibility index (Phi) is 5.20. The summed E-state index contributed by atoms with van der Waals surface area (Å²) in [7, 11) is 0. The van der Waals surface area contributed by atoms with E-state index >= 15 is 0 Å². The number of carbonyl (C=O) groups excluding carboxylic acids is 2. The molecule has 2 aliphatic rings. The third-order valence-electron chi connectivity index (χ3n) is 4.31. The topological polar surface area (TPSA) is 142 Å². The zero-order chi connectivity index (χ0) is 21.3. The molecule has 4 rings (SSSR count). The Hall–Kier alpha value is -3.71. The van der Waals surface area contributed by atoms with E-state index in [2.05, 4.69) is 27.3 Å². The van der Waals surface area contributed by atoms with Gasteiger partial charge in [0.25, 0.3) is 5.91 Å². The molecule has 4 amide bonds. The van der Waals surface area contributed by atoms with E-state index in [1.165, 1.54) is 11.3 Å². The van der Waals surface area contributed by atoms with Crippen LogP contribution in [0.2, 0.25) is 0 Å². The summed E-state index contributed by atoms with van der Waals surface area (Å²) in [5.41, 5.74) is 0.774. The van der Waals surface area contributed by atoms with Gasteiger partial charge in [0.15, 0.2) is 10.9 Å². The van der Waals surface area contributed by atoms with Crippen molar-refractivity contribution in [3.63, 3.8) is 0 Å². The van der Waals surface area contributed by atoms with Gasteiger partial charge < -0.3 is 15.3 Å². The normalized spacial score (nSPS) is 17.7. The van der Waals surface area contributed by atoms with E-state index in [-0.39, 0.29) is 28.7 Å². The Morgan fingerprint density at radius 1 is 1.43 bits per heavy atom. The van der Waals surface area contributed by atoms with Crippen molar-refractivity contribution in [3.05, 3.63) is 42.1 Å². The molecular weight excluding hydrogens is 414 g/mol. The molecule has 30 heavy (non-hydrogen) atoms. The van der Waals surface area contributed by atoms with Crippen LogP contribution >= 0.6 is 11.3 Å². The molecule has 2 aliphatic heterocycles. The molecule has 3 N–H and O–H groups in total. The highest BCUT2D eigenvalue weighted by atomic mass is 32.1. The minimum Gasteiger partial charge on any atom is -0.465 e. The molecule has 2 aromatic rings. The van der Waals surface area contributed by atoms with E-state index in [9.17, 15) is 14.4 Å². The van der Waals surface area contributed by atoms with Gasteiger partial charge in [-0.2, -0.15) is 10.2 Å². The van der Waals surface area contributed by atoms with Gasteiger partial charge in [0.1, 0.15) is 4.88 Å². The Bertz CT molecular complexity index is 1040. The molecule has 2 bridgehead atoms. The highest BCUT2D eigenvalue weighted by Gasteiger charge is 2.41. The number of nitrogens with one attached hydrogen (secondary N) is 2. The molecule has 2 aromatic heterocycles. The lowest BCUT2D eigenvalue weighted by Crippen LogP contribution is -2.33. The molecule has 12 nitrogen and oxygen atoms in total. The number of carbonyl (C=O) groups is 3. The molecule has 156 valence electrons. The maximum Gasteiger partial charge on any atom is 0.410 e. The fraction of sp³-hybridized carbons (Fsp3) is 0.235. The number of amides is 4. The summed E-state index contributed by atoms with van der Waals surface area (Å²) in [5.74, 6) is -0.155. The lowest BCUT2D eigenvalue weighted by Gasteiger charge is -2.21. The number of fused-ring (bicyclic) bond motifs is 2. The molecule has 1 atom stereocenters. The number of thiazole rings is 1. The van der Waals surface area contributed by atoms with Crippen LogP contribution in [0.3, 0.4) is 0 Å². The zero-order valence-corrected chi connectivity index (χ0v) is 16.3. The van der Waals surface area contributed by atoms with E-state index in [4.69, 9.17) is 9.94 Å². The molecular formula is C17H17N7O5S. The second-order valence-electron chi connectivity index (χ2n) is 6.36. The van der Waals surface area contributed by atoms with Crippen molar-refractivity contribution in [2.75, 3.05) is 30.3 Å². The van der Waals surface area contributed by atoms with E-state index in [1.54, 1.807) is 27.9 Å². The van der Waals surface area contributed by atoms with Gasteiger partial charge in [-0.05, 0) is 6.08 Å². The van der Waals surface area contributed by atoms with Crippen molar-refractivity contribution in [3.8, 4) is 0 Å². The molecule has 0 spiro atoms. The first-order valence-corrected chi connectivity index (χ1v) is 9.62. The molecule has 4 heterocycles. The van der Waals surface area contributed by atoms with Crippen LogP contribution in [0.1, 0.15) is 9.67 Å². The Balaban J connectivity index is 1.43. The van der Waals surface area contributed by atoms with Gasteiger partial charge in [0.05, 0.1) is 31.1 Å². The molecule has 13 heteroatoms. The average Bonchev–Trinajstić information content (AvgIpc) is 3.41. The average molecular weight is 431 g/mol. The van der Waals surface area contributed by atoms with Crippen LogP contribution in [0.4, 0.5) is 20.5 Å². The Morgan fingerprint density at radius 3 is 3.03 bits per heavy atom. The van der Waals surface area contributed by atoms with Crippen molar-refractivity contribution in [2.24, 2.45) is 0 Å². The number of rotatable bonds is 7. The summed E-state index contributed by atoms with van der Waals surface area (Å²) in [6.07, 6.45) is 5.17. The first-order valence-electron chi connectivity index (χ1n) is 8.80. The van der Waals surface area contributed by atoms with Gasteiger partial charge in [0.2, 0.25) is 0 Å². The van der Waals surface area contributed by atoms with E-state index in [0.29, 0.717) is 18.9 Å². The van der Waals surface area contributed by atoms with Gasteiger partial charge in [0, 0.05) is 18.8 Å². The van der Waals surface area contributed by atoms with Crippen LogP contribution in [0.15, 0.2) is 37.2 Å². The van der Waals surface area contributed by atoms with Gasteiger partial charge in [-0.1, -0.05) is 17.4 Å². The van der Waals surface area contributed by atoms with Crippen molar-refractivity contribution in [1.82, 2.24) is 24.7 Å². The summed E-state index contributed by atoms with van der Waals surface area (Å²) < 4.78 is 1.59. The molecule has 0 aliphatic carbocycles. The molecule has 1 saturated heterocycles. The summed E-state index contributed by atoms with van der Waals surface area (Å²) in [6.45, 7) is 4.71. The number of hydrogen-bond donors (Lipinski definition) is 3. The van der Waals surface area contributed by atoms with Crippen LogP contribution < -0.4 is 10.6 Å². The molecule has 0 saturated carbocycles. The predicted molar refractivity (Wildman–Crippen MR) is 107 cm³/mol. The summed E-state index contributed by atoms with van der Waals surface area (Å²) in [6, 6.07) is 1.17. The maximum atomic E-state index is 12.4. The van der Waals surface area contributed by atoms with Gasteiger partial charge in [-0.15, -0.1) is 6.58 Å².